The fourth-order valence-electron chi connectivity index (χ4n) is 3.44. The molecular weight excluding hydrogens is 262 g/mol. The van der Waals surface area contributed by atoms with E-state index >= 15 is 0 Å². The lowest BCUT2D eigenvalue weighted by Crippen LogP contribution is -2.47. The predicted molar refractivity (Wildman–Crippen MR) is 85.1 cm³/mol. The van der Waals surface area contributed by atoms with Gasteiger partial charge in [-0.05, 0) is 57.5 Å². The summed E-state index contributed by atoms with van der Waals surface area (Å²) < 4.78 is 0. The Morgan fingerprint density at radius 1 is 1.19 bits per heavy atom. The molecule has 0 radical (unpaired) electrons. The first-order valence-electron chi connectivity index (χ1n) is 7.85. The summed E-state index contributed by atoms with van der Waals surface area (Å²) in [7, 11) is 4.25. The molecule has 0 atom stereocenters. The number of nitrogens with two attached hydrogens (primary N) is 1. The molecule has 1 saturated heterocycles. The van der Waals surface area contributed by atoms with Gasteiger partial charge in [0.05, 0.1) is 5.41 Å². The first-order chi connectivity index (χ1) is 10.0. The van der Waals surface area contributed by atoms with Crippen molar-refractivity contribution in [2.24, 2.45) is 0 Å². The van der Waals surface area contributed by atoms with Gasteiger partial charge in [0.2, 0.25) is 5.91 Å². The summed E-state index contributed by atoms with van der Waals surface area (Å²) in [5.41, 5.74) is 7.40. The van der Waals surface area contributed by atoms with E-state index in [-0.39, 0.29) is 5.41 Å². The summed E-state index contributed by atoms with van der Waals surface area (Å²) in [5.74, 6) is 0.324. The van der Waals surface area contributed by atoms with Crippen LogP contribution in [0.5, 0.6) is 0 Å². The summed E-state index contributed by atoms with van der Waals surface area (Å²) >= 11 is 0. The number of carbonyl (C=O) groups is 1. The van der Waals surface area contributed by atoms with E-state index in [0.29, 0.717) is 11.9 Å². The number of nitrogens with zero attached hydrogens (tertiary/aromatic N) is 2. The second-order valence-electron chi connectivity index (χ2n) is 6.69. The minimum atomic E-state index is -0.251. The van der Waals surface area contributed by atoms with Crippen LogP contribution in [0.4, 0.5) is 5.69 Å². The van der Waals surface area contributed by atoms with Gasteiger partial charge in [0.25, 0.3) is 0 Å². The molecule has 1 heterocycles. The van der Waals surface area contributed by atoms with E-state index in [1.54, 1.807) is 0 Å². The highest BCUT2D eigenvalue weighted by Crippen LogP contribution is 2.50. The number of nitrogen functional groups attached to an aromatic ring is 1. The highest BCUT2D eigenvalue weighted by Gasteiger charge is 2.53. The number of benzene rings is 1. The van der Waals surface area contributed by atoms with Gasteiger partial charge < -0.3 is 15.5 Å². The van der Waals surface area contributed by atoms with Crippen LogP contribution in [0.3, 0.4) is 0 Å². The van der Waals surface area contributed by atoms with Crippen molar-refractivity contribution in [3.63, 3.8) is 0 Å². The normalized spacial score (nSPS) is 21.6. The molecule has 1 aromatic carbocycles. The maximum Gasteiger partial charge on any atom is 0.233 e. The largest absolute Gasteiger partial charge is 0.399 e. The lowest BCUT2D eigenvalue weighted by molar-refractivity contribution is -0.135. The van der Waals surface area contributed by atoms with Crippen LogP contribution in [0.2, 0.25) is 0 Å². The summed E-state index contributed by atoms with van der Waals surface area (Å²) in [6.07, 6.45) is 4.11. The second-order valence-corrected chi connectivity index (χ2v) is 6.69. The van der Waals surface area contributed by atoms with Crippen molar-refractivity contribution in [2.45, 2.75) is 37.1 Å². The molecule has 1 aliphatic carbocycles. The van der Waals surface area contributed by atoms with Crippen LogP contribution in [0.15, 0.2) is 24.3 Å². The Balaban J connectivity index is 1.70. The minimum Gasteiger partial charge on any atom is -0.399 e. The maximum atomic E-state index is 12.9. The summed E-state index contributed by atoms with van der Waals surface area (Å²) in [6.45, 7) is 1.77. The third kappa shape index (κ3) is 2.64. The molecule has 2 N–H and O–H groups in total. The summed E-state index contributed by atoms with van der Waals surface area (Å²) in [4.78, 5) is 17.3. The van der Waals surface area contributed by atoms with Gasteiger partial charge in [-0.15, -0.1) is 0 Å². The fraction of sp³-hybridized carbons (Fsp3) is 0.588. The molecule has 0 unspecified atom stereocenters. The number of likely N-dealkylation sites (tertiary alicyclic amines) is 1. The molecule has 0 bridgehead atoms. The fourth-order valence-corrected chi connectivity index (χ4v) is 3.44. The summed E-state index contributed by atoms with van der Waals surface area (Å²) in [6, 6.07) is 8.46. The number of rotatable bonds is 3. The van der Waals surface area contributed by atoms with E-state index in [2.05, 4.69) is 23.9 Å². The number of carbonyl (C=O) groups excluding carboxylic acids is 1. The lowest BCUT2D eigenvalue weighted by atomic mass is 9.92. The number of piperidine rings is 1. The highest BCUT2D eigenvalue weighted by atomic mass is 16.2. The molecule has 0 aromatic heterocycles. The van der Waals surface area contributed by atoms with E-state index in [9.17, 15) is 4.79 Å². The smallest absolute Gasteiger partial charge is 0.233 e. The SMILES string of the molecule is CN(C)C1CCN(C(=O)C2(c3ccc(N)cc3)CC2)CC1. The number of hydrogen-bond donors (Lipinski definition) is 1. The zero-order valence-corrected chi connectivity index (χ0v) is 13.0. The van der Waals surface area contributed by atoms with Gasteiger partial charge in [-0.3, -0.25) is 4.79 Å². The van der Waals surface area contributed by atoms with Gasteiger partial charge in [0.15, 0.2) is 0 Å². The number of hydrogen-bond acceptors (Lipinski definition) is 3. The Morgan fingerprint density at radius 2 is 1.76 bits per heavy atom. The molecule has 3 rings (SSSR count). The van der Waals surface area contributed by atoms with Crippen molar-refractivity contribution < 1.29 is 4.79 Å². The topological polar surface area (TPSA) is 49.6 Å². The van der Waals surface area contributed by atoms with Gasteiger partial charge >= 0.3 is 0 Å². The average Bonchev–Trinajstić information content (AvgIpc) is 3.29. The molecule has 4 heteroatoms. The van der Waals surface area contributed by atoms with Gasteiger partial charge in [0, 0.05) is 24.8 Å². The zero-order chi connectivity index (χ0) is 15.0. The van der Waals surface area contributed by atoms with E-state index < -0.39 is 0 Å². The Morgan fingerprint density at radius 3 is 2.24 bits per heavy atom. The van der Waals surface area contributed by atoms with Crippen LogP contribution in [-0.4, -0.2) is 48.9 Å². The standard InChI is InChI=1S/C17H25N3O/c1-19(2)15-7-11-20(12-8-15)16(21)17(9-10-17)13-3-5-14(18)6-4-13/h3-6,15H,7-12,18H2,1-2H3. The predicted octanol–water partition coefficient (Wildman–Crippen LogP) is 1.85. The lowest BCUT2D eigenvalue weighted by Gasteiger charge is -2.37. The van der Waals surface area contributed by atoms with Crippen LogP contribution in [0.1, 0.15) is 31.2 Å². The van der Waals surface area contributed by atoms with Crippen LogP contribution in [0.25, 0.3) is 0 Å². The van der Waals surface area contributed by atoms with E-state index in [1.807, 2.05) is 24.3 Å². The van der Waals surface area contributed by atoms with Crippen molar-refractivity contribution in [3.05, 3.63) is 29.8 Å². The Hall–Kier alpha value is -1.55. The monoisotopic (exact) mass is 287 g/mol. The first kappa shape index (κ1) is 14.4. The van der Waals surface area contributed by atoms with Crippen LogP contribution in [0, 0.1) is 0 Å². The highest BCUT2D eigenvalue weighted by molar-refractivity contribution is 5.91. The van der Waals surface area contributed by atoms with Crippen LogP contribution in [-0.2, 0) is 10.2 Å². The third-order valence-corrected chi connectivity index (χ3v) is 5.10. The quantitative estimate of drug-likeness (QED) is 0.863. The van der Waals surface area contributed by atoms with E-state index in [0.717, 1.165) is 50.0 Å². The Labute approximate surface area is 126 Å². The van der Waals surface area contributed by atoms with E-state index in [4.69, 9.17) is 5.73 Å². The molecule has 1 aromatic rings. The molecule has 1 saturated carbocycles. The van der Waals surface area contributed by atoms with Crippen molar-refractivity contribution in [2.75, 3.05) is 32.9 Å². The third-order valence-electron chi connectivity index (χ3n) is 5.10. The molecular formula is C17H25N3O. The first-order valence-corrected chi connectivity index (χ1v) is 7.85. The van der Waals surface area contributed by atoms with Crippen LogP contribution < -0.4 is 5.73 Å². The molecule has 2 aliphatic rings. The molecule has 1 amide bonds. The van der Waals surface area contributed by atoms with Crippen molar-refractivity contribution in [1.29, 1.82) is 0 Å². The average molecular weight is 287 g/mol. The molecule has 114 valence electrons. The Bertz CT molecular complexity index is 511. The van der Waals surface area contributed by atoms with Gasteiger partial charge in [0.1, 0.15) is 0 Å². The molecule has 4 nitrogen and oxygen atoms in total. The molecule has 2 fully saturated rings. The molecule has 0 spiro atoms. The van der Waals surface area contributed by atoms with E-state index in [1.165, 1.54) is 0 Å². The van der Waals surface area contributed by atoms with Crippen molar-refractivity contribution >= 4 is 11.6 Å². The van der Waals surface area contributed by atoms with Gasteiger partial charge in [-0.1, -0.05) is 12.1 Å². The van der Waals surface area contributed by atoms with Crippen molar-refractivity contribution in [1.82, 2.24) is 9.80 Å². The number of anilines is 1. The number of amides is 1. The van der Waals surface area contributed by atoms with Gasteiger partial charge in [-0.2, -0.15) is 0 Å². The maximum absolute atomic E-state index is 12.9. The molecule has 21 heavy (non-hydrogen) atoms. The second kappa shape index (κ2) is 5.34. The summed E-state index contributed by atoms with van der Waals surface area (Å²) in [5, 5.41) is 0. The zero-order valence-electron chi connectivity index (χ0n) is 13.0. The molecule has 1 aliphatic heterocycles. The Kier molecular flexibility index (Phi) is 3.66. The minimum absolute atomic E-state index is 0.251. The van der Waals surface area contributed by atoms with Crippen molar-refractivity contribution in [3.8, 4) is 0 Å². The van der Waals surface area contributed by atoms with Gasteiger partial charge in [-0.25, -0.2) is 0 Å². The van der Waals surface area contributed by atoms with Crippen LogP contribution >= 0.6 is 0 Å².